The minimum atomic E-state index is -0.752. The molecule has 2 heterocycles. The van der Waals surface area contributed by atoms with Gasteiger partial charge >= 0.3 is 0 Å². The van der Waals surface area contributed by atoms with E-state index in [1.165, 1.54) is 4.90 Å². The second-order valence-corrected chi connectivity index (χ2v) is 8.76. The number of amides is 3. The van der Waals surface area contributed by atoms with Gasteiger partial charge in [-0.25, -0.2) is 4.98 Å². The molecule has 0 aliphatic carbocycles. The maximum Gasteiger partial charge on any atom is 0.251 e. The lowest BCUT2D eigenvalue weighted by molar-refractivity contribution is -0.131. The molecule has 170 valence electrons. The van der Waals surface area contributed by atoms with Crippen molar-refractivity contribution in [3.05, 3.63) is 53.7 Å². The van der Waals surface area contributed by atoms with Crippen LogP contribution in [0, 0.1) is 18.8 Å². The summed E-state index contributed by atoms with van der Waals surface area (Å²) in [6.45, 7) is 9.46. The molecular weight excluding hydrogens is 404 g/mol. The third-order valence-corrected chi connectivity index (χ3v) is 6.05. The molecule has 2 aromatic rings. The Morgan fingerprint density at radius 1 is 1.12 bits per heavy atom. The van der Waals surface area contributed by atoms with Gasteiger partial charge in [-0.3, -0.25) is 19.3 Å². The van der Waals surface area contributed by atoms with Crippen molar-refractivity contribution >= 4 is 29.2 Å². The summed E-state index contributed by atoms with van der Waals surface area (Å²) in [6, 6.07) is 9.71. The van der Waals surface area contributed by atoms with Crippen molar-refractivity contribution < 1.29 is 14.4 Å². The largest absolute Gasteiger partial charge is 0.344 e. The molecule has 0 unspecified atom stereocenters. The van der Waals surface area contributed by atoms with E-state index in [0.29, 0.717) is 24.3 Å². The number of nitrogens with one attached hydrogen (secondary N) is 2. The summed E-state index contributed by atoms with van der Waals surface area (Å²) in [4.78, 5) is 45.5. The molecule has 1 aromatic carbocycles. The van der Waals surface area contributed by atoms with Crippen molar-refractivity contribution in [1.82, 2.24) is 10.3 Å². The van der Waals surface area contributed by atoms with Crippen LogP contribution in [-0.4, -0.2) is 34.8 Å². The van der Waals surface area contributed by atoms with Crippen LogP contribution in [0.3, 0.4) is 0 Å². The highest BCUT2D eigenvalue weighted by atomic mass is 16.2. The Balaban J connectivity index is 1.91. The molecule has 1 aliphatic heterocycles. The standard InChI is InChI=1S/C25H32N4O3/c1-6-16(4)23(30)28-21(15(2)3)25(32)29-20(14-18-11-9-13-26-22(18)29)24(31)27-19-12-8-7-10-17(19)5/h7-13,15-16,20-21H,6,14H2,1-5H3,(H,27,31)(H,28,30)/t16-,20-,21+/m1/s1. The van der Waals surface area contributed by atoms with Gasteiger partial charge in [0, 0.05) is 24.2 Å². The van der Waals surface area contributed by atoms with Gasteiger partial charge in [-0.15, -0.1) is 0 Å². The third-order valence-electron chi connectivity index (χ3n) is 6.05. The molecule has 0 saturated heterocycles. The normalized spacial score (nSPS) is 16.9. The summed E-state index contributed by atoms with van der Waals surface area (Å²) in [7, 11) is 0. The molecule has 3 rings (SSSR count). The second kappa shape index (κ2) is 9.94. The van der Waals surface area contributed by atoms with E-state index in [2.05, 4.69) is 15.6 Å². The quantitative estimate of drug-likeness (QED) is 0.695. The maximum atomic E-state index is 13.7. The van der Waals surface area contributed by atoms with E-state index < -0.39 is 12.1 Å². The Hall–Kier alpha value is -3.22. The number of aromatic nitrogens is 1. The van der Waals surface area contributed by atoms with Gasteiger partial charge in [0.05, 0.1) is 0 Å². The Bertz CT molecular complexity index is 1000. The second-order valence-electron chi connectivity index (χ2n) is 8.76. The third kappa shape index (κ3) is 4.82. The molecule has 0 saturated carbocycles. The molecule has 32 heavy (non-hydrogen) atoms. The van der Waals surface area contributed by atoms with E-state index >= 15 is 0 Å². The van der Waals surface area contributed by atoms with Crippen LogP contribution in [0.15, 0.2) is 42.6 Å². The first kappa shape index (κ1) is 23.4. The maximum absolute atomic E-state index is 13.7. The molecule has 3 atom stereocenters. The molecule has 0 bridgehead atoms. The summed E-state index contributed by atoms with van der Waals surface area (Å²) in [5.41, 5.74) is 2.48. The molecule has 1 aromatic heterocycles. The average Bonchev–Trinajstić information content (AvgIpc) is 3.17. The number of carbonyl (C=O) groups excluding carboxylic acids is 3. The summed E-state index contributed by atoms with van der Waals surface area (Å²) < 4.78 is 0. The van der Waals surface area contributed by atoms with Crippen LogP contribution in [0.1, 0.15) is 45.2 Å². The lowest BCUT2D eigenvalue weighted by Crippen LogP contribution is -2.56. The lowest BCUT2D eigenvalue weighted by Gasteiger charge is -2.31. The number of anilines is 2. The van der Waals surface area contributed by atoms with Crippen molar-refractivity contribution in [3.8, 4) is 0 Å². The SMILES string of the molecule is CC[C@@H](C)C(=O)N[C@H](C(=O)N1c2ncccc2C[C@@H]1C(=O)Nc1ccccc1C)C(C)C. The fourth-order valence-electron chi connectivity index (χ4n) is 3.80. The van der Waals surface area contributed by atoms with Crippen LogP contribution in [0.2, 0.25) is 0 Å². The molecule has 0 spiro atoms. The molecular formula is C25H32N4O3. The number of fused-ring (bicyclic) bond motifs is 1. The first-order chi connectivity index (χ1) is 15.2. The first-order valence-electron chi connectivity index (χ1n) is 11.2. The summed E-state index contributed by atoms with van der Waals surface area (Å²) in [5.74, 6) is -0.635. The van der Waals surface area contributed by atoms with Gasteiger partial charge < -0.3 is 10.6 Å². The summed E-state index contributed by atoms with van der Waals surface area (Å²) in [6.07, 6.45) is 2.67. The molecule has 7 nitrogen and oxygen atoms in total. The molecule has 0 fully saturated rings. The van der Waals surface area contributed by atoms with E-state index in [-0.39, 0.29) is 29.6 Å². The van der Waals surface area contributed by atoms with Gasteiger partial charge in [0.2, 0.25) is 11.8 Å². The topological polar surface area (TPSA) is 91.4 Å². The predicted molar refractivity (Wildman–Crippen MR) is 125 cm³/mol. The molecule has 7 heteroatoms. The highest BCUT2D eigenvalue weighted by Gasteiger charge is 2.43. The van der Waals surface area contributed by atoms with Crippen LogP contribution < -0.4 is 15.5 Å². The predicted octanol–water partition coefficient (Wildman–Crippen LogP) is 3.47. The van der Waals surface area contributed by atoms with Crippen LogP contribution in [-0.2, 0) is 20.8 Å². The average molecular weight is 437 g/mol. The summed E-state index contributed by atoms with van der Waals surface area (Å²) in [5, 5.41) is 5.86. The number of para-hydroxylation sites is 1. The number of hydrogen-bond donors (Lipinski definition) is 2. The van der Waals surface area contributed by atoms with E-state index in [0.717, 1.165) is 11.1 Å². The molecule has 1 aliphatic rings. The zero-order valence-corrected chi connectivity index (χ0v) is 19.4. The molecule has 3 amide bonds. The highest BCUT2D eigenvalue weighted by Crippen LogP contribution is 2.32. The number of nitrogens with zero attached hydrogens (tertiary/aromatic N) is 2. The number of hydrogen-bond acceptors (Lipinski definition) is 4. The Labute approximate surface area is 189 Å². The van der Waals surface area contributed by atoms with E-state index in [1.807, 2.05) is 65.0 Å². The number of aryl methyl sites for hydroxylation is 1. The number of carbonyl (C=O) groups is 3. The van der Waals surface area contributed by atoms with E-state index in [1.54, 1.807) is 12.3 Å². The monoisotopic (exact) mass is 436 g/mol. The fraction of sp³-hybridized carbons (Fsp3) is 0.440. The fourth-order valence-corrected chi connectivity index (χ4v) is 3.80. The summed E-state index contributed by atoms with van der Waals surface area (Å²) >= 11 is 0. The Morgan fingerprint density at radius 2 is 1.84 bits per heavy atom. The molecule has 0 radical (unpaired) electrons. The molecule has 2 N–H and O–H groups in total. The van der Waals surface area contributed by atoms with E-state index in [9.17, 15) is 14.4 Å². The number of pyridine rings is 1. The minimum Gasteiger partial charge on any atom is -0.344 e. The van der Waals surface area contributed by atoms with Gasteiger partial charge in [-0.05, 0) is 42.5 Å². The Kier molecular flexibility index (Phi) is 7.28. The van der Waals surface area contributed by atoms with Gasteiger partial charge in [-0.1, -0.05) is 52.0 Å². The van der Waals surface area contributed by atoms with Crippen LogP contribution in [0.25, 0.3) is 0 Å². The van der Waals surface area contributed by atoms with Crippen LogP contribution >= 0.6 is 0 Å². The lowest BCUT2D eigenvalue weighted by atomic mass is 10.00. The zero-order chi connectivity index (χ0) is 23.4. The highest BCUT2D eigenvalue weighted by molar-refractivity contribution is 6.09. The first-order valence-corrected chi connectivity index (χ1v) is 11.2. The van der Waals surface area contributed by atoms with E-state index in [4.69, 9.17) is 0 Å². The number of benzene rings is 1. The van der Waals surface area contributed by atoms with Crippen molar-refractivity contribution in [2.45, 2.75) is 59.5 Å². The van der Waals surface area contributed by atoms with Crippen molar-refractivity contribution in [3.63, 3.8) is 0 Å². The zero-order valence-electron chi connectivity index (χ0n) is 19.4. The van der Waals surface area contributed by atoms with Crippen molar-refractivity contribution in [2.24, 2.45) is 11.8 Å². The Morgan fingerprint density at radius 3 is 2.50 bits per heavy atom. The van der Waals surface area contributed by atoms with Gasteiger partial charge in [0.25, 0.3) is 5.91 Å². The van der Waals surface area contributed by atoms with Gasteiger partial charge in [0.1, 0.15) is 17.9 Å². The van der Waals surface area contributed by atoms with Gasteiger partial charge in [-0.2, -0.15) is 0 Å². The minimum absolute atomic E-state index is 0.150. The van der Waals surface area contributed by atoms with Gasteiger partial charge in [0.15, 0.2) is 0 Å². The van der Waals surface area contributed by atoms with Crippen LogP contribution in [0.5, 0.6) is 0 Å². The smallest absolute Gasteiger partial charge is 0.251 e. The van der Waals surface area contributed by atoms with Crippen molar-refractivity contribution in [2.75, 3.05) is 10.2 Å². The number of rotatable bonds is 7. The van der Waals surface area contributed by atoms with Crippen molar-refractivity contribution in [1.29, 1.82) is 0 Å². The van der Waals surface area contributed by atoms with Crippen LogP contribution in [0.4, 0.5) is 11.5 Å².